The van der Waals surface area contributed by atoms with Crippen LogP contribution in [0.1, 0.15) is 43.4 Å². The lowest BCUT2D eigenvalue weighted by Crippen LogP contribution is -2.30. The maximum absolute atomic E-state index is 12.5. The summed E-state index contributed by atoms with van der Waals surface area (Å²) in [7, 11) is 1.48. The highest BCUT2D eigenvalue weighted by Gasteiger charge is 2.35. The van der Waals surface area contributed by atoms with Crippen molar-refractivity contribution < 1.29 is 13.2 Å². The SMILES string of the molecule is CCCc1[nH]nc(C(=O)N2CC(C)C(C)C2)c1S(=O)(=O)Cl. The van der Waals surface area contributed by atoms with Crippen LogP contribution in [0.15, 0.2) is 4.90 Å². The summed E-state index contributed by atoms with van der Waals surface area (Å²) in [5.74, 6) is 0.405. The van der Waals surface area contributed by atoms with Crippen LogP contribution in [0, 0.1) is 11.8 Å². The van der Waals surface area contributed by atoms with Crippen LogP contribution in [-0.2, 0) is 15.5 Å². The second-order valence-electron chi connectivity index (χ2n) is 5.73. The maximum atomic E-state index is 12.5. The maximum Gasteiger partial charge on any atom is 0.275 e. The molecule has 118 valence electrons. The molecule has 0 bridgehead atoms. The summed E-state index contributed by atoms with van der Waals surface area (Å²) in [6.45, 7) is 7.28. The first-order valence-corrected chi connectivity index (χ1v) is 9.37. The highest BCUT2D eigenvalue weighted by Crippen LogP contribution is 2.28. The molecule has 1 amide bonds. The number of aromatic nitrogens is 2. The second kappa shape index (κ2) is 5.96. The Labute approximate surface area is 129 Å². The normalized spacial score (nSPS) is 22.8. The van der Waals surface area contributed by atoms with Crippen molar-refractivity contribution in [3.8, 4) is 0 Å². The number of nitrogens with one attached hydrogen (secondary N) is 1. The van der Waals surface area contributed by atoms with Gasteiger partial charge in [-0.1, -0.05) is 27.2 Å². The molecule has 0 saturated carbocycles. The molecular weight excluding hydrogens is 314 g/mol. The van der Waals surface area contributed by atoms with E-state index in [1.165, 1.54) is 0 Å². The number of hydrogen-bond donors (Lipinski definition) is 1. The lowest BCUT2D eigenvalue weighted by atomic mass is 10.0. The van der Waals surface area contributed by atoms with Gasteiger partial charge in [0, 0.05) is 23.8 Å². The van der Waals surface area contributed by atoms with Crippen molar-refractivity contribution in [2.45, 2.75) is 38.5 Å². The fourth-order valence-electron chi connectivity index (χ4n) is 2.64. The minimum Gasteiger partial charge on any atom is -0.337 e. The molecule has 1 aromatic rings. The molecule has 2 atom stereocenters. The number of aryl methyl sites for hydroxylation is 1. The third kappa shape index (κ3) is 3.23. The smallest absolute Gasteiger partial charge is 0.275 e. The van der Waals surface area contributed by atoms with Crippen molar-refractivity contribution in [3.63, 3.8) is 0 Å². The Morgan fingerprint density at radius 3 is 2.43 bits per heavy atom. The number of rotatable bonds is 4. The molecule has 1 aliphatic rings. The van der Waals surface area contributed by atoms with E-state index in [1.54, 1.807) is 4.90 Å². The van der Waals surface area contributed by atoms with E-state index in [4.69, 9.17) is 10.7 Å². The van der Waals surface area contributed by atoms with Crippen LogP contribution in [0.2, 0.25) is 0 Å². The summed E-state index contributed by atoms with van der Waals surface area (Å²) in [5.41, 5.74) is 0.311. The van der Waals surface area contributed by atoms with Crippen molar-refractivity contribution >= 4 is 25.6 Å². The fraction of sp³-hybridized carbons (Fsp3) is 0.692. The van der Waals surface area contributed by atoms with Gasteiger partial charge in [-0.25, -0.2) is 8.42 Å². The second-order valence-corrected chi connectivity index (χ2v) is 8.24. The van der Waals surface area contributed by atoms with E-state index in [1.807, 2.05) is 6.92 Å². The topological polar surface area (TPSA) is 83.1 Å². The number of likely N-dealkylation sites (tertiary alicyclic amines) is 1. The van der Waals surface area contributed by atoms with E-state index < -0.39 is 9.05 Å². The summed E-state index contributed by atoms with van der Waals surface area (Å²) in [6.07, 6.45) is 1.21. The van der Waals surface area contributed by atoms with Gasteiger partial charge in [0.05, 0.1) is 5.69 Å². The van der Waals surface area contributed by atoms with E-state index in [9.17, 15) is 13.2 Å². The fourth-order valence-corrected chi connectivity index (χ4v) is 3.94. The van der Waals surface area contributed by atoms with Gasteiger partial charge in [0.25, 0.3) is 15.0 Å². The predicted molar refractivity (Wildman–Crippen MR) is 79.9 cm³/mol. The Balaban J connectivity index is 2.38. The summed E-state index contributed by atoms with van der Waals surface area (Å²) < 4.78 is 23.6. The van der Waals surface area contributed by atoms with Gasteiger partial charge in [-0.2, -0.15) is 5.10 Å². The van der Waals surface area contributed by atoms with E-state index in [-0.39, 0.29) is 16.5 Å². The van der Waals surface area contributed by atoms with Gasteiger partial charge < -0.3 is 4.90 Å². The highest BCUT2D eigenvalue weighted by molar-refractivity contribution is 8.13. The molecule has 2 heterocycles. The number of carbonyl (C=O) groups is 1. The van der Waals surface area contributed by atoms with Gasteiger partial charge in [0.15, 0.2) is 5.69 Å². The monoisotopic (exact) mass is 333 g/mol. The molecular formula is C13H20ClN3O3S. The van der Waals surface area contributed by atoms with Crippen molar-refractivity contribution in [1.82, 2.24) is 15.1 Å². The minimum atomic E-state index is -4.01. The van der Waals surface area contributed by atoms with Gasteiger partial charge >= 0.3 is 0 Å². The zero-order valence-corrected chi connectivity index (χ0v) is 14.0. The molecule has 1 aliphatic heterocycles. The predicted octanol–water partition coefficient (Wildman–Crippen LogP) is 2.02. The number of H-pyrrole nitrogens is 1. The van der Waals surface area contributed by atoms with Crippen LogP contribution >= 0.6 is 10.7 Å². The van der Waals surface area contributed by atoms with Crippen molar-refractivity contribution in [2.24, 2.45) is 11.8 Å². The number of carbonyl (C=O) groups excluding carboxylic acids is 1. The number of nitrogens with zero attached hydrogens (tertiary/aromatic N) is 2. The first kappa shape index (κ1) is 16.3. The van der Waals surface area contributed by atoms with Gasteiger partial charge in [-0.3, -0.25) is 9.89 Å². The highest BCUT2D eigenvalue weighted by atomic mass is 35.7. The van der Waals surface area contributed by atoms with Gasteiger partial charge in [-0.15, -0.1) is 0 Å². The summed E-state index contributed by atoms with van der Waals surface area (Å²) in [4.78, 5) is 14.0. The molecule has 1 fully saturated rings. The van der Waals surface area contributed by atoms with Crippen molar-refractivity contribution in [3.05, 3.63) is 11.4 Å². The van der Waals surface area contributed by atoms with Crippen LogP contribution in [0.5, 0.6) is 0 Å². The Bertz CT molecular complexity index is 631. The van der Waals surface area contributed by atoms with Crippen LogP contribution in [0.4, 0.5) is 0 Å². The molecule has 2 unspecified atom stereocenters. The zero-order valence-electron chi connectivity index (χ0n) is 12.4. The standard InChI is InChI=1S/C13H20ClN3O3S/c1-4-5-10-12(21(14,19)20)11(16-15-10)13(18)17-6-8(2)9(3)7-17/h8-9H,4-7H2,1-3H3,(H,15,16). The zero-order chi connectivity index (χ0) is 15.8. The third-order valence-corrected chi connectivity index (χ3v) is 5.40. The molecule has 0 radical (unpaired) electrons. The quantitative estimate of drug-likeness (QED) is 0.854. The number of hydrogen-bond acceptors (Lipinski definition) is 4. The first-order chi connectivity index (χ1) is 9.75. The lowest BCUT2D eigenvalue weighted by molar-refractivity contribution is 0.0775. The number of halogens is 1. The Kier molecular flexibility index (Phi) is 4.63. The van der Waals surface area contributed by atoms with Crippen molar-refractivity contribution in [1.29, 1.82) is 0 Å². The molecule has 1 saturated heterocycles. The molecule has 2 rings (SSSR count). The molecule has 8 heteroatoms. The Morgan fingerprint density at radius 1 is 1.38 bits per heavy atom. The summed E-state index contributed by atoms with van der Waals surface area (Å²) >= 11 is 0. The molecule has 0 spiro atoms. The van der Waals surface area contributed by atoms with Gasteiger partial charge in [-0.05, 0) is 18.3 Å². The first-order valence-electron chi connectivity index (χ1n) is 7.06. The molecule has 0 aliphatic carbocycles. The average molecular weight is 334 g/mol. The molecule has 0 aromatic carbocycles. The minimum absolute atomic E-state index is 0.0882. The third-order valence-electron chi connectivity index (χ3n) is 4.01. The lowest BCUT2D eigenvalue weighted by Gasteiger charge is -2.15. The van der Waals surface area contributed by atoms with Crippen LogP contribution in [0.25, 0.3) is 0 Å². The van der Waals surface area contributed by atoms with Crippen LogP contribution in [-0.4, -0.2) is 42.5 Å². The average Bonchev–Trinajstić information content (AvgIpc) is 2.93. The largest absolute Gasteiger partial charge is 0.337 e. The van der Waals surface area contributed by atoms with E-state index in [2.05, 4.69) is 24.0 Å². The Morgan fingerprint density at radius 2 is 1.95 bits per heavy atom. The van der Waals surface area contributed by atoms with Crippen LogP contribution < -0.4 is 0 Å². The van der Waals surface area contributed by atoms with E-state index in [0.29, 0.717) is 37.0 Å². The Hall–Kier alpha value is -1.08. The number of aromatic amines is 1. The molecule has 1 aromatic heterocycles. The van der Waals surface area contributed by atoms with Gasteiger partial charge in [0.1, 0.15) is 4.90 Å². The molecule has 1 N–H and O–H groups in total. The molecule has 6 nitrogen and oxygen atoms in total. The molecule has 21 heavy (non-hydrogen) atoms. The number of amides is 1. The van der Waals surface area contributed by atoms with E-state index >= 15 is 0 Å². The van der Waals surface area contributed by atoms with Gasteiger partial charge in [0.2, 0.25) is 0 Å². The summed E-state index contributed by atoms with van der Waals surface area (Å²) in [5, 5.41) is 6.56. The van der Waals surface area contributed by atoms with Crippen LogP contribution in [0.3, 0.4) is 0 Å². The van der Waals surface area contributed by atoms with E-state index in [0.717, 1.165) is 6.42 Å². The van der Waals surface area contributed by atoms with Crippen molar-refractivity contribution in [2.75, 3.05) is 13.1 Å². The summed E-state index contributed by atoms with van der Waals surface area (Å²) in [6, 6.07) is 0.